The molecule has 0 heterocycles. The van der Waals surface area contributed by atoms with Gasteiger partial charge in [0.25, 0.3) is 0 Å². The van der Waals surface area contributed by atoms with Crippen molar-refractivity contribution in [3.05, 3.63) is 28.3 Å². The molecule has 0 aliphatic carbocycles. The van der Waals surface area contributed by atoms with Crippen molar-refractivity contribution in [2.75, 3.05) is 12.0 Å². The Morgan fingerprint density at radius 3 is 2.50 bits per heavy atom. The molecule has 0 spiro atoms. The quantitative estimate of drug-likeness (QED) is 0.798. The van der Waals surface area contributed by atoms with Crippen LogP contribution in [0.15, 0.2) is 12.1 Å². The van der Waals surface area contributed by atoms with Crippen LogP contribution in [0.4, 0.5) is 5.69 Å². The zero-order chi connectivity index (χ0) is 12.5. The maximum atomic E-state index is 11.1. The van der Waals surface area contributed by atoms with Crippen LogP contribution in [0.3, 0.4) is 0 Å². The third kappa shape index (κ3) is 2.86. The molecule has 0 fully saturated rings. The molecular formula is C9H10ClNO4S. The van der Waals surface area contributed by atoms with Crippen molar-refractivity contribution < 1.29 is 18.3 Å². The molecule has 0 aliphatic heterocycles. The minimum absolute atomic E-state index is 0.0118. The lowest BCUT2D eigenvalue weighted by Crippen LogP contribution is -2.09. The molecular weight excluding hydrogens is 254 g/mol. The van der Waals surface area contributed by atoms with Gasteiger partial charge in [-0.15, -0.1) is 0 Å². The topological polar surface area (TPSA) is 97.5 Å². The Morgan fingerprint density at radius 2 is 2.06 bits per heavy atom. The predicted molar refractivity (Wildman–Crippen MR) is 61.4 cm³/mol. The zero-order valence-electron chi connectivity index (χ0n) is 8.40. The van der Waals surface area contributed by atoms with E-state index in [1.54, 1.807) is 0 Å². The van der Waals surface area contributed by atoms with Gasteiger partial charge in [-0.3, -0.25) is 0 Å². The number of aromatic carboxylic acids is 1. The van der Waals surface area contributed by atoms with E-state index in [0.29, 0.717) is 0 Å². The molecule has 0 unspecified atom stereocenters. The fourth-order valence-electron chi connectivity index (χ4n) is 1.26. The molecule has 1 aromatic carbocycles. The number of hydrogen-bond donors (Lipinski definition) is 2. The Balaban J connectivity index is 3.35. The molecule has 88 valence electrons. The average Bonchev–Trinajstić information content (AvgIpc) is 2.07. The second-order valence-corrected chi connectivity index (χ2v) is 5.92. The van der Waals surface area contributed by atoms with Gasteiger partial charge in [0.2, 0.25) is 0 Å². The van der Waals surface area contributed by atoms with Crippen LogP contribution in [-0.2, 0) is 15.6 Å². The standard InChI is InChI=1S/C9H10ClNO4S/c1-16(14,15)4-5-2-3-6(10)7(8(5)11)9(12)13/h2-3H,4,11H2,1H3,(H,12,13). The maximum Gasteiger partial charge on any atom is 0.339 e. The molecule has 5 nitrogen and oxygen atoms in total. The lowest BCUT2D eigenvalue weighted by molar-refractivity contribution is 0.0698. The Kier molecular flexibility index (Phi) is 3.44. The summed E-state index contributed by atoms with van der Waals surface area (Å²) in [5, 5.41) is 8.84. The molecule has 7 heteroatoms. The van der Waals surface area contributed by atoms with Gasteiger partial charge in [-0.1, -0.05) is 17.7 Å². The van der Waals surface area contributed by atoms with E-state index < -0.39 is 15.8 Å². The van der Waals surface area contributed by atoms with Crippen molar-refractivity contribution in [1.82, 2.24) is 0 Å². The van der Waals surface area contributed by atoms with E-state index in [2.05, 4.69) is 0 Å². The van der Waals surface area contributed by atoms with Gasteiger partial charge >= 0.3 is 5.97 Å². The van der Waals surface area contributed by atoms with Gasteiger partial charge in [-0.25, -0.2) is 13.2 Å². The lowest BCUT2D eigenvalue weighted by atomic mass is 10.1. The molecule has 0 saturated heterocycles. The second-order valence-electron chi connectivity index (χ2n) is 3.37. The number of sulfone groups is 1. The molecule has 0 aromatic heterocycles. The lowest BCUT2D eigenvalue weighted by Gasteiger charge is -2.09. The first-order valence-electron chi connectivity index (χ1n) is 4.20. The summed E-state index contributed by atoms with van der Waals surface area (Å²) in [5.41, 5.74) is 5.44. The van der Waals surface area contributed by atoms with E-state index >= 15 is 0 Å². The molecule has 0 amide bonds. The third-order valence-corrected chi connectivity index (χ3v) is 3.07. The summed E-state index contributed by atoms with van der Waals surface area (Å²) in [6.07, 6.45) is 1.04. The van der Waals surface area contributed by atoms with Crippen molar-refractivity contribution in [2.45, 2.75) is 5.75 Å². The van der Waals surface area contributed by atoms with Crippen LogP contribution >= 0.6 is 11.6 Å². The SMILES string of the molecule is CS(=O)(=O)Cc1ccc(Cl)c(C(=O)O)c1N. The van der Waals surface area contributed by atoms with Gasteiger partial charge in [0.15, 0.2) is 9.84 Å². The number of anilines is 1. The monoisotopic (exact) mass is 263 g/mol. The number of nitrogens with two attached hydrogens (primary N) is 1. The van der Waals surface area contributed by atoms with E-state index in [1.165, 1.54) is 12.1 Å². The number of carboxylic acids is 1. The first kappa shape index (κ1) is 12.8. The summed E-state index contributed by atoms with van der Waals surface area (Å²) < 4.78 is 22.2. The van der Waals surface area contributed by atoms with Crippen LogP contribution in [-0.4, -0.2) is 25.7 Å². The van der Waals surface area contributed by atoms with Gasteiger partial charge in [0.05, 0.1) is 16.5 Å². The van der Waals surface area contributed by atoms with Crippen molar-refractivity contribution in [1.29, 1.82) is 0 Å². The first-order valence-corrected chi connectivity index (χ1v) is 6.64. The van der Waals surface area contributed by atoms with Crippen LogP contribution in [0.2, 0.25) is 5.02 Å². The highest BCUT2D eigenvalue weighted by molar-refractivity contribution is 7.89. The number of nitrogen functional groups attached to an aromatic ring is 1. The molecule has 0 atom stereocenters. The van der Waals surface area contributed by atoms with Crippen LogP contribution in [0.5, 0.6) is 0 Å². The second kappa shape index (κ2) is 4.31. The van der Waals surface area contributed by atoms with Crippen LogP contribution in [0.1, 0.15) is 15.9 Å². The molecule has 0 bridgehead atoms. The average molecular weight is 264 g/mol. The Morgan fingerprint density at radius 1 is 1.50 bits per heavy atom. The van der Waals surface area contributed by atoms with Gasteiger partial charge in [-0.05, 0) is 11.6 Å². The molecule has 3 N–H and O–H groups in total. The summed E-state index contributed by atoms with van der Waals surface area (Å²) >= 11 is 5.66. The Labute approximate surface area is 97.8 Å². The Bertz CT molecular complexity index is 539. The van der Waals surface area contributed by atoms with E-state index in [0.717, 1.165) is 6.26 Å². The molecule has 1 rings (SSSR count). The third-order valence-electron chi connectivity index (χ3n) is 1.92. The highest BCUT2D eigenvalue weighted by Gasteiger charge is 2.18. The van der Waals surface area contributed by atoms with Gasteiger partial charge in [0, 0.05) is 6.26 Å². The number of carboxylic acid groups (broad SMARTS) is 1. The van der Waals surface area contributed by atoms with E-state index in [1.807, 2.05) is 0 Å². The zero-order valence-corrected chi connectivity index (χ0v) is 9.97. The van der Waals surface area contributed by atoms with Crippen LogP contribution in [0.25, 0.3) is 0 Å². The molecule has 16 heavy (non-hydrogen) atoms. The molecule has 0 saturated carbocycles. The fraction of sp³-hybridized carbons (Fsp3) is 0.222. The predicted octanol–water partition coefficient (Wildman–Crippen LogP) is 1.17. The van der Waals surface area contributed by atoms with Crippen molar-refractivity contribution in [3.8, 4) is 0 Å². The summed E-state index contributed by atoms with van der Waals surface area (Å²) in [7, 11) is -3.27. The summed E-state index contributed by atoms with van der Waals surface area (Å²) in [6, 6.07) is 2.73. The number of benzene rings is 1. The highest BCUT2D eigenvalue weighted by atomic mass is 35.5. The molecule has 0 aliphatic rings. The summed E-state index contributed by atoms with van der Waals surface area (Å²) in [6.45, 7) is 0. The van der Waals surface area contributed by atoms with Gasteiger partial charge in [0.1, 0.15) is 5.56 Å². The van der Waals surface area contributed by atoms with Gasteiger partial charge < -0.3 is 10.8 Å². The smallest absolute Gasteiger partial charge is 0.339 e. The highest BCUT2D eigenvalue weighted by Crippen LogP contribution is 2.27. The maximum absolute atomic E-state index is 11.1. The molecule has 1 aromatic rings. The minimum atomic E-state index is -3.27. The van der Waals surface area contributed by atoms with E-state index in [4.69, 9.17) is 22.4 Å². The van der Waals surface area contributed by atoms with Crippen LogP contribution < -0.4 is 5.73 Å². The number of halogens is 1. The largest absolute Gasteiger partial charge is 0.478 e. The van der Waals surface area contributed by atoms with Crippen molar-refractivity contribution in [3.63, 3.8) is 0 Å². The number of rotatable bonds is 3. The number of hydrogen-bond acceptors (Lipinski definition) is 4. The molecule has 0 radical (unpaired) electrons. The number of carbonyl (C=O) groups is 1. The van der Waals surface area contributed by atoms with E-state index in [9.17, 15) is 13.2 Å². The Hall–Kier alpha value is -1.27. The van der Waals surface area contributed by atoms with E-state index in [-0.39, 0.29) is 27.6 Å². The summed E-state index contributed by atoms with van der Waals surface area (Å²) in [4.78, 5) is 10.8. The normalized spacial score (nSPS) is 11.4. The van der Waals surface area contributed by atoms with Crippen molar-refractivity contribution >= 4 is 33.1 Å². The van der Waals surface area contributed by atoms with Gasteiger partial charge in [-0.2, -0.15) is 0 Å². The van der Waals surface area contributed by atoms with Crippen LogP contribution in [0, 0.1) is 0 Å². The first-order chi connectivity index (χ1) is 7.22. The van der Waals surface area contributed by atoms with Crippen molar-refractivity contribution in [2.24, 2.45) is 0 Å². The fourth-order valence-corrected chi connectivity index (χ4v) is 2.32. The minimum Gasteiger partial charge on any atom is -0.478 e. The summed E-state index contributed by atoms with van der Waals surface area (Å²) in [5.74, 6) is -1.59.